The van der Waals surface area contributed by atoms with Crippen molar-refractivity contribution < 1.29 is 22.8 Å². The lowest BCUT2D eigenvalue weighted by Gasteiger charge is -2.36. The van der Waals surface area contributed by atoms with Crippen molar-refractivity contribution >= 4 is 22.7 Å². The molecule has 2 aliphatic rings. The molecule has 3 N–H and O–H groups in total. The molecule has 1 atom stereocenters. The average Bonchev–Trinajstić information content (AvgIpc) is 3.32. The van der Waals surface area contributed by atoms with Gasteiger partial charge in [-0.1, -0.05) is 0 Å². The lowest BCUT2D eigenvalue weighted by Crippen LogP contribution is -2.38. The van der Waals surface area contributed by atoms with Crippen LogP contribution in [0.1, 0.15) is 30.7 Å². The molecule has 2 aromatic carbocycles. The van der Waals surface area contributed by atoms with Gasteiger partial charge in [-0.15, -0.1) is 0 Å². The highest BCUT2D eigenvalue weighted by Gasteiger charge is 2.35. The van der Waals surface area contributed by atoms with Crippen LogP contribution in [0.25, 0.3) is 22.2 Å². The molecule has 166 valence electrons. The molecule has 2 fully saturated rings. The largest absolute Gasteiger partial charge is 0.356 e. The number of carbonyl (C=O) groups is 2. The van der Waals surface area contributed by atoms with E-state index in [1.165, 1.54) is 18.2 Å². The van der Waals surface area contributed by atoms with Crippen LogP contribution < -0.4 is 10.6 Å². The first kappa shape index (κ1) is 20.6. The Kier molecular flexibility index (Phi) is 5.15. The second-order valence-corrected chi connectivity index (χ2v) is 8.72. The SMILES string of the molecule is O=C1CC(C(=O)NCC2CC(c3c(-c4ccc(F)cc4)[nH]c4c(F)cc(F)cc34)C2)CN1. The number of halogens is 3. The van der Waals surface area contributed by atoms with Crippen LogP contribution in [-0.4, -0.2) is 29.9 Å². The maximum Gasteiger partial charge on any atom is 0.225 e. The lowest BCUT2D eigenvalue weighted by molar-refractivity contribution is -0.126. The fourth-order valence-electron chi connectivity index (χ4n) is 4.83. The third kappa shape index (κ3) is 3.74. The normalized spacial score (nSPS) is 22.6. The highest BCUT2D eigenvalue weighted by Crippen LogP contribution is 2.48. The summed E-state index contributed by atoms with van der Waals surface area (Å²) < 4.78 is 41.9. The number of hydrogen-bond donors (Lipinski definition) is 3. The number of hydrogen-bond acceptors (Lipinski definition) is 2. The van der Waals surface area contributed by atoms with E-state index in [1.54, 1.807) is 12.1 Å². The summed E-state index contributed by atoms with van der Waals surface area (Å²) in [5.41, 5.74) is 2.41. The van der Waals surface area contributed by atoms with E-state index in [4.69, 9.17) is 0 Å². The van der Waals surface area contributed by atoms with Crippen LogP contribution in [0.5, 0.6) is 0 Å². The number of H-pyrrole nitrogens is 1. The number of carbonyl (C=O) groups excluding carboxylic acids is 2. The Morgan fingerprint density at radius 1 is 1.06 bits per heavy atom. The van der Waals surface area contributed by atoms with Gasteiger partial charge in [-0.25, -0.2) is 13.2 Å². The summed E-state index contributed by atoms with van der Waals surface area (Å²) in [4.78, 5) is 26.6. The molecule has 1 aliphatic carbocycles. The Morgan fingerprint density at radius 2 is 1.81 bits per heavy atom. The summed E-state index contributed by atoms with van der Waals surface area (Å²) in [6, 6.07) is 8.08. The molecule has 1 unspecified atom stereocenters. The minimum atomic E-state index is -0.669. The van der Waals surface area contributed by atoms with Crippen molar-refractivity contribution in [1.82, 2.24) is 15.6 Å². The van der Waals surface area contributed by atoms with Crippen LogP contribution >= 0.6 is 0 Å². The zero-order chi connectivity index (χ0) is 22.4. The molecule has 0 spiro atoms. The van der Waals surface area contributed by atoms with Crippen molar-refractivity contribution in [3.05, 3.63) is 59.4 Å². The Hall–Kier alpha value is -3.29. The van der Waals surface area contributed by atoms with Crippen molar-refractivity contribution in [1.29, 1.82) is 0 Å². The van der Waals surface area contributed by atoms with Crippen LogP contribution in [0.3, 0.4) is 0 Å². The Balaban J connectivity index is 1.36. The summed E-state index contributed by atoms with van der Waals surface area (Å²) in [5, 5.41) is 6.07. The lowest BCUT2D eigenvalue weighted by atomic mass is 9.70. The molecule has 1 saturated heterocycles. The summed E-state index contributed by atoms with van der Waals surface area (Å²) in [5.74, 6) is -1.97. The fraction of sp³-hybridized carbons (Fsp3) is 0.333. The van der Waals surface area contributed by atoms with Crippen molar-refractivity contribution in [3.63, 3.8) is 0 Å². The Bertz CT molecular complexity index is 1200. The van der Waals surface area contributed by atoms with Crippen LogP contribution in [0.4, 0.5) is 13.2 Å². The van der Waals surface area contributed by atoms with Gasteiger partial charge >= 0.3 is 0 Å². The topological polar surface area (TPSA) is 74.0 Å². The van der Waals surface area contributed by atoms with Crippen LogP contribution in [-0.2, 0) is 9.59 Å². The molecule has 32 heavy (non-hydrogen) atoms. The van der Waals surface area contributed by atoms with Gasteiger partial charge in [-0.3, -0.25) is 9.59 Å². The van der Waals surface area contributed by atoms with E-state index >= 15 is 0 Å². The quantitative estimate of drug-likeness (QED) is 0.560. The summed E-state index contributed by atoms with van der Waals surface area (Å²) >= 11 is 0. The number of rotatable bonds is 5. The summed E-state index contributed by atoms with van der Waals surface area (Å²) in [7, 11) is 0. The van der Waals surface area contributed by atoms with Gasteiger partial charge in [0, 0.05) is 31.0 Å². The van der Waals surface area contributed by atoms with Crippen molar-refractivity contribution in [2.24, 2.45) is 11.8 Å². The second kappa shape index (κ2) is 8.00. The highest BCUT2D eigenvalue weighted by molar-refractivity contribution is 5.92. The minimum Gasteiger partial charge on any atom is -0.356 e. The van der Waals surface area contributed by atoms with E-state index in [0.29, 0.717) is 29.7 Å². The van der Waals surface area contributed by atoms with E-state index in [9.17, 15) is 22.8 Å². The zero-order valence-electron chi connectivity index (χ0n) is 17.2. The van der Waals surface area contributed by atoms with E-state index in [0.717, 1.165) is 24.5 Å². The highest BCUT2D eigenvalue weighted by atomic mass is 19.1. The van der Waals surface area contributed by atoms with Crippen LogP contribution in [0.15, 0.2) is 36.4 Å². The molecule has 2 amide bonds. The number of benzene rings is 2. The number of fused-ring (bicyclic) bond motifs is 1. The molecule has 0 bridgehead atoms. The van der Waals surface area contributed by atoms with Gasteiger partial charge in [0.25, 0.3) is 0 Å². The first-order valence-electron chi connectivity index (χ1n) is 10.7. The molecular formula is C24H22F3N3O2. The monoisotopic (exact) mass is 441 g/mol. The standard InChI is InChI=1S/C24H22F3N3O2/c25-16-3-1-13(2-4-16)22-21(18-8-17(26)9-19(27)23(18)30-22)14-5-12(6-14)10-29-24(32)15-7-20(31)28-11-15/h1-4,8-9,12,14-15,30H,5-7,10-11H2,(H,28,31)(H,29,32). The van der Waals surface area contributed by atoms with Crippen molar-refractivity contribution in [2.45, 2.75) is 25.2 Å². The molecule has 1 saturated carbocycles. The number of amides is 2. The molecule has 2 heterocycles. The molecule has 0 radical (unpaired) electrons. The Labute approximate surface area is 182 Å². The molecule has 1 aliphatic heterocycles. The summed E-state index contributed by atoms with van der Waals surface area (Å²) in [6.07, 6.45) is 1.72. The van der Waals surface area contributed by atoms with Crippen LogP contribution in [0, 0.1) is 29.3 Å². The maximum absolute atomic E-state index is 14.5. The van der Waals surface area contributed by atoms with E-state index in [2.05, 4.69) is 15.6 Å². The zero-order valence-corrected chi connectivity index (χ0v) is 17.2. The third-order valence-electron chi connectivity index (χ3n) is 6.55. The number of aromatic nitrogens is 1. The predicted octanol–water partition coefficient (Wildman–Crippen LogP) is 4.00. The first-order chi connectivity index (χ1) is 15.4. The van der Waals surface area contributed by atoms with E-state index in [1.807, 2.05) is 0 Å². The van der Waals surface area contributed by atoms with Gasteiger partial charge in [0.2, 0.25) is 11.8 Å². The van der Waals surface area contributed by atoms with Crippen LogP contribution in [0.2, 0.25) is 0 Å². The van der Waals surface area contributed by atoms with Gasteiger partial charge in [0.15, 0.2) is 0 Å². The molecular weight excluding hydrogens is 419 g/mol. The molecule has 5 rings (SSSR count). The van der Waals surface area contributed by atoms with E-state index in [-0.39, 0.29) is 47.3 Å². The number of nitrogens with one attached hydrogen (secondary N) is 3. The number of aromatic amines is 1. The fourth-order valence-corrected chi connectivity index (χ4v) is 4.83. The molecule has 8 heteroatoms. The second-order valence-electron chi connectivity index (χ2n) is 8.72. The van der Waals surface area contributed by atoms with Gasteiger partial charge in [-0.05, 0) is 66.1 Å². The van der Waals surface area contributed by atoms with Crippen molar-refractivity contribution in [2.75, 3.05) is 13.1 Å². The van der Waals surface area contributed by atoms with Crippen molar-refractivity contribution in [3.8, 4) is 11.3 Å². The average molecular weight is 441 g/mol. The smallest absolute Gasteiger partial charge is 0.225 e. The minimum absolute atomic E-state index is 0.0571. The van der Waals surface area contributed by atoms with Gasteiger partial charge in [0.05, 0.1) is 17.1 Å². The summed E-state index contributed by atoms with van der Waals surface area (Å²) in [6.45, 7) is 0.864. The first-order valence-corrected chi connectivity index (χ1v) is 10.7. The molecule has 1 aromatic heterocycles. The molecule has 5 nitrogen and oxygen atoms in total. The van der Waals surface area contributed by atoms with Gasteiger partial charge < -0.3 is 15.6 Å². The predicted molar refractivity (Wildman–Crippen MR) is 113 cm³/mol. The molecule has 3 aromatic rings. The van der Waals surface area contributed by atoms with Gasteiger partial charge in [-0.2, -0.15) is 0 Å². The maximum atomic E-state index is 14.5. The third-order valence-corrected chi connectivity index (χ3v) is 6.55. The van der Waals surface area contributed by atoms with E-state index < -0.39 is 11.6 Å². The Morgan fingerprint density at radius 3 is 2.50 bits per heavy atom. The van der Waals surface area contributed by atoms with Gasteiger partial charge in [0.1, 0.15) is 17.5 Å².